The average Bonchev–Trinajstić information content (AvgIpc) is 3.46. The fraction of sp³-hybridized carbons (Fsp3) is 0.391. The van der Waals surface area contributed by atoms with E-state index in [9.17, 15) is 0 Å². The van der Waals surface area contributed by atoms with Gasteiger partial charge in [0.1, 0.15) is 11.5 Å². The third-order valence-electron chi connectivity index (χ3n) is 6.40. The van der Waals surface area contributed by atoms with Crippen LogP contribution in [0.15, 0.2) is 43.0 Å². The first-order valence-electron chi connectivity index (χ1n) is 11.0. The Bertz CT molecular complexity index is 1210. The van der Waals surface area contributed by atoms with Gasteiger partial charge in [-0.25, -0.2) is 9.97 Å². The van der Waals surface area contributed by atoms with Crippen molar-refractivity contribution in [2.24, 2.45) is 0 Å². The Morgan fingerprint density at radius 3 is 2.61 bits per heavy atom. The zero-order valence-electron chi connectivity index (χ0n) is 17.4. The van der Waals surface area contributed by atoms with Crippen LogP contribution in [0.25, 0.3) is 21.9 Å². The number of anilines is 3. The Morgan fingerprint density at radius 1 is 0.935 bits per heavy atom. The lowest BCUT2D eigenvalue weighted by molar-refractivity contribution is 0.546. The van der Waals surface area contributed by atoms with Crippen molar-refractivity contribution in [2.75, 3.05) is 34.8 Å². The summed E-state index contributed by atoms with van der Waals surface area (Å²) in [4.78, 5) is 20.9. The maximum atomic E-state index is 4.92. The summed E-state index contributed by atoms with van der Waals surface area (Å²) >= 11 is 2.01. The van der Waals surface area contributed by atoms with E-state index in [1.165, 1.54) is 48.3 Å². The molecule has 158 valence electrons. The number of nitrogens with one attached hydrogen (secondary N) is 1. The number of fused-ring (bicyclic) bond motifs is 3. The SMILES string of the molecule is c1cc2c3cnc(Nc4ccc(N5CCSCC5)cn4)nc3n(C3CCCC3)c2cn1. The van der Waals surface area contributed by atoms with Crippen LogP contribution < -0.4 is 10.2 Å². The minimum absolute atomic E-state index is 0.479. The van der Waals surface area contributed by atoms with Gasteiger partial charge >= 0.3 is 0 Å². The minimum Gasteiger partial charge on any atom is -0.369 e. The van der Waals surface area contributed by atoms with Crippen LogP contribution in [0, 0.1) is 0 Å². The molecule has 8 heteroatoms. The van der Waals surface area contributed by atoms with Gasteiger partial charge in [-0.1, -0.05) is 12.8 Å². The van der Waals surface area contributed by atoms with E-state index in [4.69, 9.17) is 4.98 Å². The highest BCUT2D eigenvalue weighted by Crippen LogP contribution is 2.37. The molecule has 2 aliphatic rings. The second-order valence-corrected chi connectivity index (χ2v) is 9.48. The summed E-state index contributed by atoms with van der Waals surface area (Å²) in [5.41, 5.74) is 3.31. The van der Waals surface area contributed by atoms with Crippen LogP contribution in [0.2, 0.25) is 0 Å². The van der Waals surface area contributed by atoms with E-state index < -0.39 is 0 Å². The number of rotatable bonds is 4. The van der Waals surface area contributed by atoms with Crippen LogP contribution in [0.5, 0.6) is 0 Å². The average molecular weight is 432 g/mol. The third kappa shape index (κ3) is 3.48. The van der Waals surface area contributed by atoms with E-state index in [2.05, 4.69) is 41.9 Å². The molecule has 0 spiro atoms. The molecule has 0 atom stereocenters. The Labute approximate surface area is 185 Å². The Hall–Kier alpha value is -2.87. The van der Waals surface area contributed by atoms with Gasteiger partial charge in [0, 0.05) is 53.8 Å². The number of thioether (sulfide) groups is 1. The van der Waals surface area contributed by atoms with Crippen molar-refractivity contribution in [1.29, 1.82) is 0 Å². The lowest BCUT2D eigenvalue weighted by Crippen LogP contribution is -2.32. The van der Waals surface area contributed by atoms with Crippen molar-refractivity contribution < 1.29 is 0 Å². The second-order valence-electron chi connectivity index (χ2n) is 8.26. The standard InChI is InChI=1S/C23H25N7S/c1-2-4-16(3-1)30-20-15-24-8-7-18(20)19-14-26-23(28-22(19)30)27-21-6-5-17(13-25-21)29-9-11-31-12-10-29/h5-8,13-16H,1-4,9-12H2,(H,25,26,27,28). The van der Waals surface area contributed by atoms with Gasteiger partial charge in [-0.05, 0) is 31.0 Å². The highest BCUT2D eigenvalue weighted by Gasteiger charge is 2.23. The zero-order valence-corrected chi connectivity index (χ0v) is 18.2. The molecule has 0 amide bonds. The van der Waals surface area contributed by atoms with E-state index in [-0.39, 0.29) is 0 Å². The molecule has 0 bridgehead atoms. The highest BCUT2D eigenvalue weighted by atomic mass is 32.2. The smallest absolute Gasteiger partial charge is 0.230 e. The Balaban J connectivity index is 1.33. The molecule has 1 aliphatic carbocycles. The van der Waals surface area contributed by atoms with Crippen molar-refractivity contribution >= 4 is 51.2 Å². The lowest BCUT2D eigenvalue weighted by Gasteiger charge is -2.28. The molecule has 1 N–H and O–H groups in total. The minimum atomic E-state index is 0.479. The predicted molar refractivity (Wildman–Crippen MR) is 127 cm³/mol. The Morgan fingerprint density at radius 2 is 1.81 bits per heavy atom. The van der Waals surface area contributed by atoms with Crippen LogP contribution in [-0.2, 0) is 0 Å². The van der Waals surface area contributed by atoms with Gasteiger partial charge < -0.3 is 14.8 Å². The fourth-order valence-corrected chi connectivity index (χ4v) is 5.74. The van der Waals surface area contributed by atoms with Crippen molar-refractivity contribution in [1.82, 2.24) is 24.5 Å². The van der Waals surface area contributed by atoms with Gasteiger partial charge in [-0.2, -0.15) is 16.7 Å². The first-order valence-corrected chi connectivity index (χ1v) is 12.2. The molecular weight excluding hydrogens is 406 g/mol. The van der Waals surface area contributed by atoms with Gasteiger partial charge in [-0.15, -0.1) is 0 Å². The number of nitrogens with zero attached hydrogens (tertiary/aromatic N) is 6. The number of hydrogen-bond donors (Lipinski definition) is 1. The van der Waals surface area contributed by atoms with Crippen LogP contribution in [0.1, 0.15) is 31.7 Å². The molecule has 1 saturated heterocycles. The maximum absolute atomic E-state index is 4.92. The molecule has 0 aromatic carbocycles. The van der Waals surface area contributed by atoms with Crippen molar-refractivity contribution in [2.45, 2.75) is 31.7 Å². The Kier molecular flexibility index (Phi) is 4.87. The molecule has 5 heterocycles. The normalized spacial score (nSPS) is 17.6. The van der Waals surface area contributed by atoms with Crippen LogP contribution in [0.4, 0.5) is 17.5 Å². The molecule has 0 unspecified atom stereocenters. The predicted octanol–water partition coefficient (Wildman–Crippen LogP) is 4.79. The van der Waals surface area contributed by atoms with Crippen molar-refractivity contribution in [3.05, 3.63) is 43.0 Å². The maximum Gasteiger partial charge on any atom is 0.230 e. The third-order valence-corrected chi connectivity index (χ3v) is 7.34. The summed E-state index contributed by atoms with van der Waals surface area (Å²) in [7, 11) is 0. The van der Waals surface area contributed by atoms with Crippen molar-refractivity contribution in [3.63, 3.8) is 0 Å². The summed E-state index contributed by atoms with van der Waals surface area (Å²) < 4.78 is 2.38. The first kappa shape index (κ1) is 18.9. The van der Waals surface area contributed by atoms with E-state index in [0.29, 0.717) is 12.0 Å². The fourth-order valence-electron chi connectivity index (χ4n) is 4.84. The first-order chi connectivity index (χ1) is 15.4. The summed E-state index contributed by atoms with van der Waals surface area (Å²) in [6.07, 6.45) is 12.6. The van der Waals surface area contributed by atoms with Gasteiger partial charge in [0.2, 0.25) is 5.95 Å². The molecular formula is C23H25N7S. The highest BCUT2D eigenvalue weighted by molar-refractivity contribution is 7.99. The number of aromatic nitrogens is 5. The number of hydrogen-bond acceptors (Lipinski definition) is 7. The monoisotopic (exact) mass is 431 g/mol. The molecule has 4 aromatic heterocycles. The van der Waals surface area contributed by atoms with Gasteiger partial charge in [-0.3, -0.25) is 4.98 Å². The van der Waals surface area contributed by atoms with Gasteiger partial charge in [0.15, 0.2) is 0 Å². The summed E-state index contributed by atoms with van der Waals surface area (Å²) in [5, 5.41) is 5.56. The summed E-state index contributed by atoms with van der Waals surface area (Å²) in [6, 6.07) is 6.69. The van der Waals surface area contributed by atoms with E-state index in [1.807, 2.05) is 42.6 Å². The van der Waals surface area contributed by atoms with Crippen LogP contribution in [-0.4, -0.2) is 49.1 Å². The van der Waals surface area contributed by atoms with Gasteiger partial charge in [0.25, 0.3) is 0 Å². The molecule has 1 saturated carbocycles. The van der Waals surface area contributed by atoms with E-state index >= 15 is 0 Å². The second kappa shape index (κ2) is 8.00. The summed E-state index contributed by atoms with van der Waals surface area (Å²) in [5.74, 6) is 3.70. The summed E-state index contributed by atoms with van der Waals surface area (Å²) in [6.45, 7) is 2.17. The topological polar surface area (TPSA) is 71.8 Å². The quantitative estimate of drug-likeness (QED) is 0.498. The molecule has 0 radical (unpaired) electrons. The van der Waals surface area contributed by atoms with Gasteiger partial charge in [0.05, 0.1) is 23.6 Å². The molecule has 2 fully saturated rings. The van der Waals surface area contributed by atoms with Crippen LogP contribution >= 0.6 is 11.8 Å². The van der Waals surface area contributed by atoms with Crippen LogP contribution in [0.3, 0.4) is 0 Å². The molecule has 31 heavy (non-hydrogen) atoms. The largest absolute Gasteiger partial charge is 0.369 e. The van der Waals surface area contributed by atoms with Crippen molar-refractivity contribution in [3.8, 4) is 0 Å². The molecule has 7 nitrogen and oxygen atoms in total. The molecule has 1 aliphatic heterocycles. The molecule has 4 aromatic rings. The lowest BCUT2D eigenvalue weighted by atomic mass is 10.2. The zero-order chi connectivity index (χ0) is 20.6. The van der Waals surface area contributed by atoms with E-state index in [1.54, 1.807) is 0 Å². The number of pyridine rings is 2. The van der Waals surface area contributed by atoms with E-state index in [0.717, 1.165) is 35.5 Å². The molecule has 6 rings (SSSR count).